The third-order valence-corrected chi connectivity index (χ3v) is 4.43. The first-order valence-corrected chi connectivity index (χ1v) is 9.54. The van der Waals surface area contributed by atoms with Gasteiger partial charge in [-0.15, -0.1) is 0 Å². The lowest BCUT2D eigenvalue weighted by atomic mass is 9.85. The summed E-state index contributed by atoms with van der Waals surface area (Å²) in [6.07, 6.45) is 4.42. The van der Waals surface area contributed by atoms with Gasteiger partial charge in [0, 0.05) is 19.2 Å². The molecule has 0 aliphatic carbocycles. The molecule has 1 amide bonds. The minimum atomic E-state index is -0.410. The molecule has 0 aromatic carbocycles. The Morgan fingerprint density at radius 3 is 2.46 bits per heavy atom. The molecule has 0 aliphatic heterocycles. The van der Waals surface area contributed by atoms with Gasteiger partial charge in [-0.3, -0.25) is 0 Å². The number of hydrogen-bond donors (Lipinski definition) is 2. The van der Waals surface area contributed by atoms with Crippen molar-refractivity contribution in [3.8, 4) is 5.75 Å². The zero-order valence-electron chi connectivity index (χ0n) is 16.9. The number of nitrogens with one attached hydrogen (secondary N) is 1. The summed E-state index contributed by atoms with van der Waals surface area (Å²) < 4.78 is 5.64. The number of aromatic nitrogens is 1. The van der Waals surface area contributed by atoms with Gasteiger partial charge in [0.15, 0.2) is 10.9 Å². The highest BCUT2D eigenvalue weighted by Gasteiger charge is 2.29. The molecule has 2 N–H and O–H groups in total. The Labute approximate surface area is 162 Å². The summed E-state index contributed by atoms with van der Waals surface area (Å²) in [5, 5.41) is 12.6. The van der Waals surface area contributed by atoms with Crippen LogP contribution in [0.1, 0.15) is 66.4 Å². The minimum absolute atomic E-state index is 0.0648. The Morgan fingerprint density at radius 1 is 1.27 bits per heavy atom. The maximum Gasteiger partial charge on any atom is 0.407 e. The second-order valence-electron chi connectivity index (χ2n) is 9.06. The molecule has 26 heavy (non-hydrogen) atoms. The van der Waals surface area contributed by atoms with Crippen LogP contribution in [0.25, 0.3) is 0 Å². The lowest BCUT2D eigenvalue weighted by Gasteiger charge is -2.30. The van der Waals surface area contributed by atoms with Crippen LogP contribution in [0.4, 0.5) is 4.79 Å². The topological polar surface area (TPSA) is 71.5 Å². The van der Waals surface area contributed by atoms with Crippen molar-refractivity contribution in [2.75, 3.05) is 6.54 Å². The number of halogens is 1. The molecular formula is C20H33ClN2O3. The molecule has 0 bridgehead atoms. The normalized spacial score (nSPS) is 13.3. The summed E-state index contributed by atoms with van der Waals surface area (Å²) >= 11 is 5.75. The summed E-state index contributed by atoms with van der Waals surface area (Å²) in [4.78, 5) is 16.1. The van der Waals surface area contributed by atoms with Crippen LogP contribution in [0.15, 0.2) is 12.3 Å². The van der Waals surface area contributed by atoms with Crippen LogP contribution in [0.3, 0.4) is 0 Å². The molecule has 0 saturated carbocycles. The number of hydrogen-bond acceptors (Lipinski definition) is 4. The second kappa shape index (κ2) is 9.45. The van der Waals surface area contributed by atoms with E-state index in [2.05, 4.69) is 31.1 Å². The number of pyridine rings is 1. The zero-order chi connectivity index (χ0) is 20.0. The first kappa shape index (κ1) is 22.6. The lowest BCUT2D eigenvalue weighted by molar-refractivity contribution is 0.0317. The van der Waals surface area contributed by atoms with Gasteiger partial charge in [0.05, 0.1) is 0 Å². The van der Waals surface area contributed by atoms with Crippen molar-refractivity contribution in [3.63, 3.8) is 0 Å². The number of aromatic hydroxyl groups is 1. The summed E-state index contributed by atoms with van der Waals surface area (Å²) in [5.74, 6) is -0.0693. The zero-order valence-corrected chi connectivity index (χ0v) is 17.6. The number of ether oxygens (including phenoxy) is 1. The largest absolute Gasteiger partial charge is 0.505 e. The van der Waals surface area contributed by atoms with Crippen LogP contribution < -0.4 is 5.32 Å². The van der Waals surface area contributed by atoms with Crippen LogP contribution in [0, 0.1) is 10.8 Å². The molecule has 0 radical (unpaired) electrons. The summed E-state index contributed by atoms with van der Waals surface area (Å²) in [5.41, 5.74) is 0.833. The third kappa shape index (κ3) is 8.75. The van der Waals surface area contributed by atoms with Crippen LogP contribution in [0.2, 0.25) is 5.15 Å². The van der Waals surface area contributed by atoms with Gasteiger partial charge in [0.25, 0.3) is 0 Å². The Bertz CT molecular complexity index is 592. The molecule has 0 fully saturated rings. The predicted octanol–water partition coefficient (Wildman–Crippen LogP) is 5.34. The number of rotatable bonds is 7. The molecule has 5 nitrogen and oxygen atoms in total. The highest BCUT2D eigenvalue weighted by Crippen LogP contribution is 2.28. The Hall–Kier alpha value is -1.49. The molecular weight excluding hydrogens is 352 g/mol. The van der Waals surface area contributed by atoms with E-state index in [0.717, 1.165) is 24.8 Å². The van der Waals surface area contributed by atoms with Gasteiger partial charge in [-0.25, -0.2) is 9.78 Å². The van der Waals surface area contributed by atoms with Crippen molar-refractivity contribution in [2.45, 2.75) is 73.3 Å². The monoisotopic (exact) mass is 384 g/mol. The number of amides is 1. The van der Waals surface area contributed by atoms with Gasteiger partial charge in [-0.2, -0.15) is 0 Å². The quantitative estimate of drug-likeness (QED) is 0.491. The first-order valence-electron chi connectivity index (χ1n) is 9.16. The number of carbonyl (C=O) groups is 1. The van der Waals surface area contributed by atoms with Gasteiger partial charge < -0.3 is 15.2 Å². The summed E-state index contributed by atoms with van der Waals surface area (Å²) in [6, 6.07) is 1.56. The minimum Gasteiger partial charge on any atom is -0.505 e. The molecule has 1 heterocycles. The van der Waals surface area contributed by atoms with Gasteiger partial charge in [-0.1, -0.05) is 59.6 Å². The van der Waals surface area contributed by atoms with Crippen molar-refractivity contribution >= 4 is 17.7 Å². The molecule has 1 rings (SSSR count). The lowest BCUT2D eigenvalue weighted by Crippen LogP contribution is -2.38. The fourth-order valence-electron chi connectivity index (χ4n) is 2.47. The molecule has 6 heteroatoms. The van der Waals surface area contributed by atoms with Crippen molar-refractivity contribution in [1.82, 2.24) is 10.3 Å². The molecule has 1 aromatic rings. The van der Waals surface area contributed by atoms with Crippen LogP contribution >= 0.6 is 11.6 Å². The van der Waals surface area contributed by atoms with Gasteiger partial charge in [-0.05, 0) is 35.3 Å². The highest BCUT2D eigenvalue weighted by molar-refractivity contribution is 6.30. The van der Waals surface area contributed by atoms with Crippen molar-refractivity contribution < 1.29 is 14.6 Å². The van der Waals surface area contributed by atoms with Crippen molar-refractivity contribution in [1.29, 1.82) is 0 Å². The average molecular weight is 385 g/mol. The van der Waals surface area contributed by atoms with Crippen LogP contribution in [-0.2, 0) is 11.2 Å². The standard InChI is InChI=1S/C20H33ClN2O3/c1-19(2,3)9-7-8-10-22-18(25)26-16(20(4,5)6)12-14-11-15(24)17(21)23-13-14/h11,13,16,24H,7-10,12H2,1-6H3,(H,22,25)/t16-/m0/s1. The summed E-state index contributed by atoms with van der Waals surface area (Å²) in [7, 11) is 0. The Balaban J connectivity index is 2.54. The van der Waals surface area contributed by atoms with E-state index in [0.29, 0.717) is 18.4 Å². The van der Waals surface area contributed by atoms with E-state index in [9.17, 15) is 9.90 Å². The number of unbranched alkanes of at least 4 members (excludes halogenated alkanes) is 1. The Morgan fingerprint density at radius 2 is 1.92 bits per heavy atom. The van der Waals surface area contributed by atoms with E-state index >= 15 is 0 Å². The smallest absolute Gasteiger partial charge is 0.407 e. The van der Waals surface area contributed by atoms with Crippen molar-refractivity contribution in [2.24, 2.45) is 10.8 Å². The molecule has 148 valence electrons. The third-order valence-electron chi connectivity index (χ3n) is 4.14. The number of alkyl carbamates (subject to hydrolysis) is 1. The van der Waals surface area contributed by atoms with E-state index in [1.54, 1.807) is 12.3 Å². The number of carbonyl (C=O) groups excluding carboxylic acids is 1. The number of nitrogens with zero attached hydrogens (tertiary/aromatic N) is 1. The predicted molar refractivity (Wildman–Crippen MR) is 106 cm³/mol. The summed E-state index contributed by atoms with van der Waals surface area (Å²) in [6.45, 7) is 13.3. The van der Waals surface area contributed by atoms with E-state index in [1.807, 2.05) is 20.8 Å². The fourth-order valence-corrected chi connectivity index (χ4v) is 2.57. The van der Waals surface area contributed by atoms with E-state index in [4.69, 9.17) is 16.3 Å². The van der Waals surface area contributed by atoms with E-state index in [-0.39, 0.29) is 22.4 Å². The van der Waals surface area contributed by atoms with E-state index in [1.165, 1.54) is 0 Å². The van der Waals surface area contributed by atoms with Crippen molar-refractivity contribution in [3.05, 3.63) is 23.0 Å². The van der Waals surface area contributed by atoms with Crippen LogP contribution in [0.5, 0.6) is 5.75 Å². The SMILES string of the molecule is CC(C)(C)CCCCNC(=O)O[C@@H](Cc1cnc(Cl)c(O)c1)C(C)(C)C. The van der Waals surface area contributed by atoms with Crippen LogP contribution in [-0.4, -0.2) is 28.8 Å². The Kier molecular flexibility index (Phi) is 8.19. The van der Waals surface area contributed by atoms with Gasteiger partial charge in [0.1, 0.15) is 6.10 Å². The molecule has 0 aliphatic rings. The van der Waals surface area contributed by atoms with Gasteiger partial charge >= 0.3 is 6.09 Å². The van der Waals surface area contributed by atoms with Gasteiger partial charge in [0.2, 0.25) is 0 Å². The first-order chi connectivity index (χ1) is 11.9. The average Bonchev–Trinajstić information content (AvgIpc) is 2.48. The molecule has 1 atom stereocenters. The maximum atomic E-state index is 12.2. The molecule has 0 unspecified atom stereocenters. The van der Waals surface area contributed by atoms with E-state index < -0.39 is 6.09 Å². The maximum absolute atomic E-state index is 12.2. The second-order valence-corrected chi connectivity index (χ2v) is 9.42. The molecule has 0 spiro atoms. The fraction of sp³-hybridized carbons (Fsp3) is 0.700. The highest BCUT2D eigenvalue weighted by atomic mass is 35.5. The molecule has 1 aromatic heterocycles. The molecule has 0 saturated heterocycles.